The molecule has 31 heavy (non-hydrogen) atoms. The predicted molar refractivity (Wildman–Crippen MR) is 122 cm³/mol. The Labute approximate surface area is 192 Å². The van der Waals surface area contributed by atoms with Crippen LogP contribution in [0.25, 0.3) is 0 Å². The van der Waals surface area contributed by atoms with Crippen LogP contribution < -0.4 is 16.0 Å². The Hall–Kier alpha value is -2.95. The second kappa shape index (κ2) is 9.04. The fraction of sp³-hybridized carbons (Fsp3) is 0.273. The van der Waals surface area contributed by atoms with Gasteiger partial charge in [-0.15, -0.1) is 0 Å². The zero-order valence-corrected chi connectivity index (χ0v) is 18.8. The zero-order valence-electron chi connectivity index (χ0n) is 16.6. The Balaban J connectivity index is 1.39. The molecule has 2 aromatic carbocycles. The summed E-state index contributed by atoms with van der Waals surface area (Å²) in [5.74, 6) is -1.08. The van der Waals surface area contributed by atoms with Gasteiger partial charge in [-0.3, -0.25) is 24.5 Å². The maximum absolute atomic E-state index is 12.9. The van der Waals surface area contributed by atoms with E-state index in [1.165, 1.54) is 4.90 Å². The van der Waals surface area contributed by atoms with E-state index in [0.29, 0.717) is 25.1 Å². The van der Waals surface area contributed by atoms with Crippen molar-refractivity contribution in [1.29, 1.82) is 0 Å². The molecule has 1 saturated heterocycles. The van der Waals surface area contributed by atoms with Crippen molar-refractivity contribution < 1.29 is 19.2 Å². The highest BCUT2D eigenvalue weighted by atomic mass is 127. The summed E-state index contributed by atoms with van der Waals surface area (Å²) >= 11 is 2.09. The van der Waals surface area contributed by atoms with Crippen molar-refractivity contribution in [3.63, 3.8) is 0 Å². The lowest BCUT2D eigenvalue weighted by Gasteiger charge is -2.29. The maximum atomic E-state index is 12.9. The van der Waals surface area contributed by atoms with Crippen LogP contribution in [0.4, 0.5) is 5.69 Å². The summed E-state index contributed by atoms with van der Waals surface area (Å²) in [5, 5.41) is 8.27. The van der Waals surface area contributed by atoms with Gasteiger partial charge in [-0.2, -0.15) is 0 Å². The number of imide groups is 1. The van der Waals surface area contributed by atoms with Crippen LogP contribution in [0.2, 0.25) is 0 Å². The molecule has 9 heteroatoms. The normalized spacial score (nSPS) is 17.9. The van der Waals surface area contributed by atoms with Gasteiger partial charge in [0.05, 0.1) is 12.1 Å². The van der Waals surface area contributed by atoms with Gasteiger partial charge in [0.25, 0.3) is 5.91 Å². The van der Waals surface area contributed by atoms with Crippen LogP contribution in [-0.4, -0.2) is 41.1 Å². The number of piperidine rings is 1. The van der Waals surface area contributed by atoms with E-state index < -0.39 is 11.9 Å². The molecule has 160 valence electrons. The maximum Gasteiger partial charge on any atom is 0.256 e. The number of hydrogen-bond acceptors (Lipinski definition) is 5. The number of nitrogens with zero attached hydrogens (tertiary/aromatic N) is 1. The van der Waals surface area contributed by atoms with Crippen LogP contribution in [0.3, 0.4) is 0 Å². The highest BCUT2D eigenvalue weighted by Gasteiger charge is 2.40. The monoisotopic (exact) mass is 532 g/mol. The minimum Gasteiger partial charge on any atom is -0.376 e. The first-order chi connectivity index (χ1) is 14.9. The molecular weight excluding hydrogens is 511 g/mol. The molecule has 2 aliphatic heterocycles. The average Bonchev–Trinajstić information content (AvgIpc) is 3.08. The number of amides is 4. The highest BCUT2D eigenvalue weighted by molar-refractivity contribution is 14.1. The zero-order chi connectivity index (χ0) is 22.0. The Kier molecular flexibility index (Phi) is 6.21. The quantitative estimate of drug-likeness (QED) is 0.389. The summed E-state index contributed by atoms with van der Waals surface area (Å²) in [6, 6.07) is 12.7. The first-order valence-corrected chi connectivity index (χ1v) is 11.0. The van der Waals surface area contributed by atoms with Gasteiger partial charge in [0.1, 0.15) is 6.04 Å². The molecule has 0 aromatic heterocycles. The number of carbonyl (C=O) groups is 4. The first-order valence-electron chi connectivity index (χ1n) is 9.94. The van der Waals surface area contributed by atoms with Gasteiger partial charge in [-0.1, -0.05) is 30.3 Å². The number of rotatable bonds is 6. The molecule has 0 aliphatic carbocycles. The van der Waals surface area contributed by atoms with Crippen LogP contribution in [0.15, 0.2) is 42.5 Å². The Morgan fingerprint density at radius 1 is 1.16 bits per heavy atom. The lowest BCUT2D eigenvalue weighted by atomic mass is 10.0. The summed E-state index contributed by atoms with van der Waals surface area (Å²) in [6.07, 6.45) is 0.548. The van der Waals surface area contributed by atoms with Crippen molar-refractivity contribution in [2.24, 2.45) is 0 Å². The number of hydrogen-bond donors (Lipinski definition) is 3. The molecule has 8 nitrogen and oxygen atoms in total. The van der Waals surface area contributed by atoms with Crippen molar-refractivity contribution >= 4 is 51.9 Å². The number of fused-ring (bicyclic) bond motifs is 1. The minimum absolute atomic E-state index is 0.104. The van der Waals surface area contributed by atoms with Gasteiger partial charge in [0.15, 0.2) is 0 Å². The van der Waals surface area contributed by atoms with Gasteiger partial charge in [0, 0.05) is 28.8 Å². The van der Waals surface area contributed by atoms with Crippen molar-refractivity contribution in [3.8, 4) is 0 Å². The number of nitrogens with one attached hydrogen (secondary N) is 3. The molecule has 2 heterocycles. The largest absolute Gasteiger partial charge is 0.376 e. The second-order valence-corrected chi connectivity index (χ2v) is 8.67. The van der Waals surface area contributed by atoms with Gasteiger partial charge in [-0.05, 0) is 52.3 Å². The number of benzene rings is 2. The van der Waals surface area contributed by atoms with Gasteiger partial charge >= 0.3 is 0 Å². The molecule has 1 unspecified atom stereocenters. The van der Waals surface area contributed by atoms with E-state index in [1.807, 2.05) is 42.5 Å². The molecule has 0 spiro atoms. The summed E-state index contributed by atoms with van der Waals surface area (Å²) in [7, 11) is 0. The standard InChI is InChI=1S/C22H21IN4O4/c23-16-9-15(24-11-19(29)25-10-13-4-2-1-3-5-13)8-14-12-27(22(31)20(14)16)17-6-7-18(28)26-21(17)30/h1-5,8-9,17,24H,6-7,10-12H2,(H,25,29)(H,26,28,30). The summed E-state index contributed by atoms with van der Waals surface area (Å²) in [4.78, 5) is 50.2. The number of anilines is 1. The Bertz CT molecular complexity index is 1060. The topological polar surface area (TPSA) is 108 Å². The number of halogens is 1. The molecule has 4 amide bonds. The van der Waals surface area contributed by atoms with Crippen molar-refractivity contribution in [2.75, 3.05) is 11.9 Å². The van der Waals surface area contributed by atoms with Crippen molar-refractivity contribution in [2.45, 2.75) is 32.0 Å². The predicted octanol–water partition coefficient (Wildman–Crippen LogP) is 1.78. The van der Waals surface area contributed by atoms with E-state index in [2.05, 4.69) is 38.5 Å². The van der Waals surface area contributed by atoms with Crippen molar-refractivity contribution in [1.82, 2.24) is 15.5 Å². The van der Waals surface area contributed by atoms with E-state index in [1.54, 1.807) is 0 Å². The second-order valence-electron chi connectivity index (χ2n) is 7.51. The van der Waals surface area contributed by atoms with Crippen LogP contribution >= 0.6 is 22.6 Å². The molecule has 0 radical (unpaired) electrons. The SMILES string of the molecule is O=C(CNc1cc(I)c2c(c1)CN(C1CCC(=O)NC1=O)C2=O)NCc1ccccc1. The minimum atomic E-state index is -0.645. The molecular formula is C22H21IN4O4. The number of carbonyl (C=O) groups excluding carboxylic acids is 4. The van der Waals surface area contributed by atoms with E-state index in [-0.39, 0.29) is 30.7 Å². The van der Waals surface area contributed by atoms with E-state index in [9.17, 15) is 19.2 Å². The lowest BCUT2D eigenvalue weighted by molar-refractivity contribution is -0.137. The summed E-state index contributed by atoms with van der Waals surface area (Å²) < 4.78 is 0.752. The Morgan fingerprint density at radius 2 is 1.94 bits per heavy atom. The van der Waals surface area contributed by atoms with Crippen LogP contribution in [-0.2, 0) is 27.5 Å². The van der Waals surface area contributed by atoms with E-state index in [4.69, 9.17) is 0 Å². The smallest absolute Gasteiger partial charge is 0.256 e. The van der Waals surface area contributed by atoms with Crippen molar-refractivity contribution in [3.05, 3.63) is 62.7 Å². The summed E-state index contributed by atoms with van der Waals surface area (Å²) in [5.41, 5.74) is 3.13. The van der Waals surface area contributed by atoms with E-state index >= 15 is 0 Å². The highest BCUT2D eigenvalue weighted by Crippen LogP contribution is 2.33. The molecule has 1 atom stereocenters. The third kappa shape index (κ3) is 4.71. The molecule has 0 bridgehead atoms. The molecule has 3 N–H and O–H groups in total. The molecule has 2 aliphatic rings. The first kappa shape index (κ1) is 21.3. The fourth-order valence-electron chi connectivity index (χ4n) is 3.80. The third-order valence-electron chi connectivity index (χ3n) is 5.36. The van der Waals surface area contributed by atoms with Crippen LogP contribution in [0.5, 0.6) is 0 Å². The summed E-state index contributed by atoms with van der Waals surface area (Å²) in [6.45, 7) is 0.858. The Morgan fingerprint density at radius 3 is 2.68 bits per heavy atom. The third-order valence-corrected chi connectivity index (χ3v) is 6.21. The molecule has 0 saturated carbocycles. The van der Waals surface area contributed by atoms with Crippen LogP contribution in [0, 0.1) is 3.57 Å². The van der Waals surface area contributed by atoms with E-state index in [0.717, 1.165) is 20.4 Å². The van der Waals surface area contributed by atoms with Gasteiger partial charge in [0.2, 0.25) is 17.7 Å². The van der Waals surface area contributed by atoms with Gasteiger partial charge < -0.3 is 15.5 Å². The fourth-order valence-corrected chi connectivity index (χ4v) is 4.71. The molecule has 1 fully saturated rings. The lowest BCUT2D eigenvalue weighted by Crippen LogP contribution is -2.52. The van der Waals surface area contributed by atoms with Crippen LogP contribution in [0.1, 0.15) is 34.3 Å². The molecule has 4 rings (SSSR count). The van der Waals surface area contributed by atoms with Gasteiger partial charge in [-0.25, -0.2) is 0 Å². The molecule has 2 aromatic rings. The average molecular weight is 532 g/mol.